The fourth-order valence-electron chi connectivity index (χ4n) is 1.96. The van der Waals surface area contributed by atoms with Gasteiger partial charge in [-0.25, -0.2) is 13.1 Å². The van der Waals surface area contributed by atoms with E-state index in [-0.39, 0.29) is 23.3 Å². The summed E-state index contributed by atoms with van der Waals surface area (Å²) in [6, 6.07) is 8.16. The lowest BCUT2D eigenvalue weighted by molar-refractivity contribution is 0.552. The van der Waals surface area contributed by atoms with Gasteiger partial charge in [0.25, 0.3) is 0 Å². The fraction of sp³-hybridized carbons (Fsp3) is 0.417. The zero-order valence-corrected chi connectivity index (χ0v) is 11.9. The zero-order valence-electron chi connectivity index (χ0n) is 10.3. The fourth-order valence-corrected chi connectivity index (χ4v) is 3.08. The van der Waals surface area contributed by atoms with Crippen molar-refractivity contribution >= 4 is 22.4 Å². The largest absolute Gasteiger partial charge is 0.313 e. The molecule has 1 saturated heterocycles. The predicted octanol–water partition coefficient (Wildman–Crippen LogP) is 1.01. The van der Waals surface area contributed by atoms with Crippen LogP contribution in [0.5, 0.6) is 0 Å². The molecule has 7 heteroatoms. The molecular formula is C12H16ClN3O2S. The normalized spacial score (nSPS) is 18.6. The van der Waals surface area contributed by atoms with Crippen LogP contribution in [0.3, 0.4) is 0 Å². The first-order chi connectivity index (χ1) is 8.62. The van der Waals surface area contributed by atoms with E-state index in [0.29, 0.717) is 12.1 Å². The van der Waals surface area contributed by atoms with Crippen LogP contribution in [0, 0.1) is 11.3 Å². The van der Waals surface area contributed by atoms with Gasteiger partial charge in [-0.15, -0.1) is 12.4 Å². The Morgan fingerprint density at radius 1 is 1.47 bits per heavy atom. The van der Waals surface area contributed by atoms with Gasteiger partial charge in [-0.2, -0.15) is 5.26 Å². The van der Waals surface area contributed by atoms with Crippen molar-refractivity contribution in [1.82, 2.24) is 10.0 Å². The summed E-state index contributed by atoms with van der Waals surface area (Å²) < 4.78 is 26.6. The van der Waals surface area contributed by atoms with Crippen molar-refractivity contribution in [3.63, 3.8) is 0 Å². The highest BCUT2D eigenvalue weighted by molar-refractivity contribution is 7.89. The van der Waals surface area contributed by atoms with Gasteiger partial charge in [-0.1, -0.05) is 6.07 Å². The maximum absolute atomic E-state index is 12.0. The molecule has 19 heavy (non-hydrogen) atoms. The number of rotatable bonds is 4. The first kappa shape index (κ1) is 15.9. The van der Waals surface area contributed by atoms with E-state index in [1.165, 1.54) is 12.1 Å². The van der Waals surface area contributed by atoms with Crippen molar-refractivity contribution in [2.45, 2.75) is 23.8 Å². The standard InChI is InChI=1S/C12H15N3O2S.ClH/c13-8-10-3-1-5-12(7-10)18(16,17)15-9-11-4-2-6-14-11;/h1,3,5,7,11,14-15H,2,4,6,9H2;1H. The summed E-state index contributed by atoms with van der Waals surface area (Å²) in [5.74, 6) is 0. The number of nitrogens with one attached hydrogen (secondary N) is 2. The Labute approximate surface area is 119 Å². The van der Waals surface area contributed by atoms with Crippen LogP contribution in [0.2, 0.25) is 0 Å². The first-order valence-corrected chi connectivity index (χ1v) is 7.33. The average molecular weight is 302 g/mol. The third-order valence-electron chi connectivity index (χ3n) is 2.96. The van der Waals surface area contributed by atoms with Crippen molar-refractivity contribution in [1.29, 1.82) is 5.26 Å². The van der Waals surface area contributed by atoms with E-state index in [1.54, 1.807) is 12.1 Å². The highest BCUT2D eigenvalue weighted by Crippen LogP contribution is 2.11. The van der Waals surface area contributed by atoms with Crippen LogP contribution in [0.1, 0.15) is 18.4 Å². The van der Waals surface area contributed by atoms with E-state index in [9.17, 15) is 8.42 Å². The second-order valence-electron chi connectivity index (χ2n) is 4.28. The molecule has 1 unspecified atom stereocenters. The summed E-state index contributed by atoms with van der Waals surface area (Å²) in [4.78, 5) is 0.138. The van der Waals surface area contributed by atoms with Gasteiger partial charge >= 0.3 is 0 Å². The quantitative estimate of drug-likeness (QED) is 0.869. The third kappa shape index (κ3) is 4.18. The summed E-state index contributed by atoms with van der Waals surface area (Å²) >= 11 is 0. The van der Waals surface area contributed by atoms with Crippen LogP contribution >= 0.6 is 12.4 Å². The second kappa shape index (κ2) is 6.87. The molecule has 0 bridgehead atoms. The molecule has 5 nitrogen and oxygen atoms in total. The Kier molecular flexibility index (Phi) is 5.76. The monoisotopic (exact) mass is 301 g/mol. The topological polar surface area (TPSA) is 82.0 Å². The zero-order chi connectivity index (χ0) is 13.0. The lowest BCUT2D eigenvalue weighted by Crippen LogP contribution is -2.37. The van der Waals surface area contributed by atoms with Crippen LogP contribution in [0.25, 0.3) is 0 Å². The molecule has 0 aliphatic carbocycles. The minimum atomic E-state index is -3.52. The van der Waals surface area contributed by atoms with Crippen molar-refractivity contribution < 1.29 is 8.42 Å². The first-order valence-electron chi connectivity index (χ1n) is 5.85. The number of halogens is 1. The Balaban J connectivity index is 0.00000180. The maximum atomic E-state index is 12.0. The van der Waals surface area contributed by atoms with E-state index < -0.39 is 10.0 Å². The van der Waals surface area contributed by atoms with Gasteiger partial charge in [0.15, 0.2) is 0 Å². The van der Waals surface area contributed by atoms with Crippen molar-refractivity contribution in [2.75, 3.05) is 13.1 Å². The Morgan fingerprint density at radius 2 is 2.26 bits per heavy atom. The van der Waals surface area contributed by atoms with Crippen molar-refractivity contribution in [3.8, 4) is 6.07 Å². The Bertz CT molecular complexity index is 563. The van der Waals surface area contributed by atoms with Crippen LogP contribution in [0.4, 0.5) is 0 Å². The van der Waals surface area contributed by atoms with E-state index in [4.69, 9.17) is 5.26 Å². The number of sulfonamides is 1. The van der Waals surface area contributed by atoms with Crippen molar-refractivity contribution in [2.24, 2.45) is 0 Å². The molecule has 1 fully saturated rings. The molecule has 0 amide bonds. The Hall–Kier alpha value is -1.13. The van der Waals surface area contributed by atoms with Crippen LogP contribution < -0.4 is 10.0 Å². The molecule has 1 aromatic rings. The number of nitrogens with zero attached hydrogens (tertiary/aromatic N) is 1. The number of hydrogen-bond donors (Lipinski definition) is 2. The molecular weight excluding hydrogens is 286 g/mol. The molecule has 0 aromatic heterocycles. The average Bonchev–Trinajstić information content (AvgIpc) is 2.90. The predicted molar refractivity (Wildman–Crippen MR) is 74.6 cm³/mol. The highest BCUT2D eigenvalue weighted by atomic mass is 35.5. The minimum absolute atomic E-state index is 0. The van der Waals surface area contributed by atoms with Gasteiger partial charge in [0.1, 0.15) is 0 Å². The van der Waals surface area contributed by atoms with Gasteiger partial charge < -0.3 is 5.32 Å². The van der Waals surface area contributed by atoms with E-state index in [1.807, 2.05) is 6.07 Å². The molecule has 2 rings (SSSR count). The summed E-state index contributed by atoms with van der Waals surface area (Å²) in [6.45, 7) is 1.33. The van der Waals surface area contributed by atoms with Gasteiger partial charge in [0, 0.05) is 12.6 Å². The lowest BCUT2D eigenvalue weighted by Gasteiger charge is -2.12. The second-order valence-corrected chi connectivity index (χ2v) is 6.05. The van der Waals surface area contributed by atoms with E-state index >= 15 is 0 Å². The molecule has 1 aliphatic rings. The smallest absolute Gasteiger partial charge is 0.240 e. The Morgan fingerprint density at radius 3 is 2.89 bits per heavy atom. The van der Waals surface area contributed by atoms with Gasteiger partial charge in [-0.05, 0) is 37.6 Å². The number of nitriles is 1. The highest BCUT2D eigenvalue weighted by Gasteiger charge is 2.19. The van der Waals surface area contributed by atoms with Crippen LogP contribution in [-0.2, 0) is 10.0 Å². The molecule has 1 aromatic carbocycles. The van der Waals surface area contributed by atoms with Gasteiger partial charge in [0.2, 0.25) is 10.0 Å². The van der Waals surface area contributed by atoms with Gasteiger partial charge in [0.05, 0.1) is 16.5 Å². The lowest BCUT2D eigenvalue weighted by atomic mass is 10.2. The van der Waals surface area contributed by atoms with Crippen LogP contribution in [-0.4, -0.2) is 27.5 Å². The molecule has 0 spiro atoms. The third-order valence-corrected chi connectivity index (χ3v) is 4.38. The number of hydrogen-bond acceptors (Lipinski definition) is 4. The maximum Gasteiger partial charge on any atom is 0.240 e. The molecule has 104 valence electrons. The van der Waals surface area contributed by atoms with Crippen molar-refractivity contribution in [3.05, 3.63) is 29.8 Å². The van der Waals surface area contributed by atoms with E-state index in [0.717, 1.165) is 19.4 Å². The van der Waals surface area contributed by atoms with Crippen LogP contribution in [0.15, 0.2) is 29.2 Å². The molecule has 1 heterocycles. The molecule has 2 N–H and O–H groups in total. The minimum Gasteiger partial charge on any atom is -0.313 e. The molecule has 1 atom stereocenters. The number of benzene rings is 1. The summed E-state index contributed by atoms with van der Waals surface area (Å²) in [6.07, 6.45) is 2.07. The van der Waals surface area contributed by atoms with Gasteiger partial charge in [-0.3, -0.25) is 0 Å². The molecule has 1 aliphatic heterocycles. The summed E-state index contributed by atoms with van der Waals surface area (Å²) in [7, 11) is -3.52. The van der Waals surface area contributed by atoms with E-state index in [2.05, 4.69) is 10.0 Å². The summed E-state index contributed by atoms with van der Waals surface area (Å²) in [5.41, 5.74) is 0.344. The molecule has 0 radical (unpaired) electrons. The summed E-state index contributed by atoms with van der Waals surface area (Å²) in [5, 5.41) is 12.0. The molecule has 0 saturated carbocycles. The SMILES string of the molecule is Cl.N#Cc1cccc(S(=O)(=O)NCC2CCCN2)c1.